The van der Waals surface area contributed by atoms with Gasteiger partial charge in [0, 0.05) is 23.6 Å². The minimum absolute atomic E-state index is 0.0558. The van der Waals surface area contributed by atoms with Crippen molar-refractivity contribution >= 4 is 15.9 Å². The number of hydrogen-bond donors (Lipinski definition) is 2. The molecule has 0 saturated heterocycles. The molecule has 1 aromatic carbocycles. The van der Waals surface area contributed by atoms with Gasteiger partial charge < -0.3 is 15.7 Å². The van der Waals surface area contributed by atoms with Gasteiger partial charge in [-0.25, -0.2) is 0 Å². The summed E-state index contributed by atoms with van der Waals surface area (Å²) in [6, 6.07) is 8.18. The Bertz CT molecular complexity index is 333. The van der Waals surface area contributed by atoms with Crippen molar-refractivity contribution in [3.8, 4) is 0 Å². The molecule has 0 aliphatic rings. The molecule has 1 unspecified atom stereocenters. The largest absolute Gasteiger partial charge is 0.395 e. The van der Waals surface area contributed by atoms with Crippen LogP contribution in [0.2, 0.25) is 0 Å². The van der Waals surface area contributed by atoms with Gasteiger partial charge in [-0.3, -0.25) is 0 Å². The van der Waals surface area contributed by atoms with Crippen LogP contribution in [0, 0.1) is 0 Å². The number of aliphatic hydroxyl groups excluding tert-OH is 1. The van der Waals surface area contributed by atoms with E-state index in [9.17, 15) is 0 Å². The quantitative estimate of drug-likeness (QED) is 0.811. The smallest absolute Gasteiger partial charge is 0.0558 e. The number of nitrogens with zero attached hydrogens (tertiary/aromatic N) is 1. The lowest BCUT2D eigenvalue weighted by Crippen LogP contribution is -2.29. The fourth-order valence-electron chi connectivity index (χ4n) is 1.80. The van der Waals surface area contributed by atoms with Crippen molar-refractivity contribution in [2.24, 2.45) is 5.73 Å². The maximum Gasteiger partial charge on any atom is 0.0558 e. The first-order valence-corrected chi connectivity index (χ1v) is 6.81. The van der Waals surface area contributed by atoms with Crippen molar-refractivity contribution in [3.63, 3.8) is 0 Å². The first-order chi connectivity index (χ1) is 8.17. The van der Waals surface area contributed by atoms with Gasteiger partial charge in [0.25, 0.3) is 0 Å². The van der Waals surface area contributed by atoms with Crippen LogP contribution in [0.4, 0.5) is 0 Å². The van der Waals surface area contributed by atoms with E-state index in [1.165, 1.54) is 0 Å². The summed E-state index contributed by atoms with van der Waals surface area (Å²) in [5, 5.41) is 8.91. The van der Waals surface area contributed by atoms with Gasteiger partial charge in [0.2, 0.25) is 0 Å². The molecular formula is C13H21BrN2O. The summed E-state index contributed by atoms with van der Waals surface area (Å²) in [5.74, 6) is 0. The molecule has 17 heavy (non-hydrogen) atoms. The highest BCUT2D eigenvalue weighted by molar-refractivity contribution is 9.10. The van der Waals surface area contributed by atoms with Gasteiger partial charge >= 0.3 is 0 Å². The van der Waals surface area contributed by atoms with Crippen molar-refractivity contribution in [2.75, 3.05) is 26.2 Å². The Morgan fingerprint density at radius 2 is 2.18 bits per heavy atom. The van der Waals surface area contributed by atoms with Crippen LogP contribution < -0.4 is 5.73 Å². The molecule has 1 rings (SSSR count). The number of aliphatic hydroxyl groups is 1. The Hall–Kier alpha value is -0.420. The van der Waals surface area contributed by atoms with E-state index in [2.05, 4.69) is 39.9 Å². The van der Waals surface area contributed by atoms with E-state index in [1.54, 1.807) is 0 Å². The molecule has 3 N–H and O–H groups in total. The third-order valence-electron chi connectivity index (χ3n) is 2.90. The molecule has 4 heteroatoms. The van der Waals surface area contributed by atoms with Gasteiger partial charge in [-0.15, -0.1) is 0 Å². The first kappa shape index (κ1) is 14.6. The van der Waals surface area contributed by atoms with E-state index in [0.717, 1.165) is 36.1 Å². The number of rotatable bonds is 7. The molecule has 96 valence electrons. The van der Waals surface area contributed by atoms with Crippen LogP contribution in [0.25, 0.3) is 0 Å². The van der Waals surface area contributed by atoms with Crippen LogP contribution in [0.5, 0.6) is 0 Å². The molecule has 0 aliphatic carbocycles. The fourth-order valence-corrected chi connectivity index (χ4v) is 2.21. The number of halogens is 1. The van der Waals surface area contributed by atoms with Crippen molar-refractivity contribution in [1.29, 1.82) is 0 Å². The summed E-state index contributed by atoms with van der Waals surface area (Å²) in [4.78, 5) is 2.21. The highest BCUT2D eigenvalue weighted by atomic mass is 79.9. The summed E-state index contributed by atoms with van der Waals surface area (Å²) < 4.78 is 1.06. The number of hydrogen-bond acceptors (Lipinski definition) is 3. The zero-order chi connectivity index (χ0) is 12.7. The predicted molar refractivity (Wildman–Crippen MR) is 74.9 cm³/mol. The van der Waals surface area contributed by atoms with E-state index in [4.69, 9.17) is 10.8 Å². The van der Waals surface area contributed by atoms with Crippen LogP contribution in [-0.2, 0) is 0 Å². The summed E-state index contributed by atoms with van der Waals surface area (Å²) in [5.41, 5.74) is 7.31. The van der Waals surface area contributed by atoms with Crippen LogP contribution in [0.15, 0.2) is 28.7 Å². The average molecular weight is 301 g/mol. The molecular weight excluding hydrogens is 280 g/mol. The molecule has 0 fully saturated rings. The van der Waals surface area contributed by atoms with Crippen molar-refractivity contribution < 1.29 is 5.11 Å². The second-order valence-electron chi connectivity index (χ2n) is 4.11. The van der Waals surface area contributed by atoms with Crippen LogP contribution in [0.3, 0.4) is 0 Å². The monoisotopic (exact) mass is 300 g/mol. The molecule has 0 aromatic heterocycles. The lowest BCUT2D eigenvalue weighted by Gasteiger charge is -2.21. The van der Waals surface area contributed by atoms with Crippen molar-refractivity contribution in [3.05, 3.63) is 34.3 Å². The van der Waals surface area contributed by atoms with Crippen LogP contribution in [0.1, 0.15) is 24.9 Å². The highest BCUT2D eigenvalue weighted by Gasteiger charge is 2.08. The Kier molecular flexibility index (Phi) is 6.73. The van der Waals surface area contributed by atoms with Crippen LogP contribution in [-0.4, -0.2) is 36.2 Å². The van der Waals surface area contributed by atoms with E-state index in [1.807, 2.05) is 12.1 Å². The summed E-state index contributed by atoms with van der Waals surface area (Å²) >= 11 is 3.45. The Labute approximate surface area is 112 Å². The maximum absolute atomic E-state index is 8.91. The summed E-state index contributed by atoms with van der Waals surface area (Å²) in [6.45, 7) is 4.90. The van der Waals surface area contributed by atoms with Gasteiger partial charge in [-0.05, 0) is 30.7 Å². The van der Waals surface area contributed by atoms with E-state index >= 15 is 0 Å². The summed E-state index contributed by atoms with van der Waals surface area (Å²) in [6.07, 6.45) is 0.907. The third kappa shape index (κ3) is 5.17. The molecule has 0 aliphatic heterocycles. The average Bonchev–Trinajstić information content (AvgIpc) is 2.34. The SMILES string of the molecule is CCN(CCO)CCC(N)c1cccc(Br)c1. The third-order valence-corrected chi connectivity index (χ3v) is 3.39. The second-order valence-corrected chi connectivity index (χ2v) is 5.02. The normalized spacial score (nSPS) is 13.0. The lowest BCUT2D eigenvalue weighted by atomic mass is 10.0. The highest BCUT2D eigenvalue weighted by Crippen LogP contribution is 2.19. The molecule has 0 amide bonds. The first-order valence-electron chi connectivity index (χ1n) is 6.01. The zero-order valence-corrected chi connectivity index (χ0v) is 11.9. The number of nitrogens with two attached hydrogens (primary N) is 1. The van der Waals surface area contributed by atoms with Gasteiger partial charge in [0.15, 0.2) is 0 Å². The molecule has 0 bridgehead atoms. The van der Waals surface area contributed by atoms with Crippen molar-refractivity contribution in [2.45, 2.75) is 19.4 Å². The van der Waals surface area contributed by atoms with Gasteiger partial charge in [0.05, 0.1) is 6.61 Å². The van der Waals surface area contributed by atoms with Gasteiger partial charge in [-0.1, -0.05) is 35.0 Å². The second kappa shape index (κ2) is 7.82. The molecule has 0 spiro atoms. The van der Waals surface area contributed by atoms with Gasteiger partial charge in [0.1, 0.15) is 0 Å². The molecule has 3 nitrogen and oxygen atoms in total. The Morgan fingerprint density at radius 1 is 1.41 bits per heavy atom. The number of likely N-dealkylation sites (N-methyl/N-ethyl adjacent to an activating group) is 1. The minimum atomic E-state index is 0.0558. The van der Waals surface area contributed by atoms with Crippen molar-refractivity contribution in [1.82, 2.24) is 4.90 Å². The molecule has 0 saturated carbocycles. The molecule has 0 radical (unpaired) electrons. The lowest BCUT2D eigenvalue weighted by molar-refractivity contribution is 0.198. The predicted octanol–water partition coefficient (Wildman–Crippen LogP) is 2.15. The molecule has 0 heterocycles. The molecule has 1 atom stereocenters. The Balaban J connectivity index is 2.46. The molecule has 1 aromatic rings. The van der Waals surface area contributed by atoms with E-state index in [0.29, 0.717) is 0 Å². The van der Waals surface area contributed by atoms with Gasteiger partial charge in [-0.2, -0.15) is 0 Å². The Morgan fingerprint density at radius 3 is 2.76 bits per heavy atom. The topological polar surface area (TPSA) is 49.5 Å². The number of benzene rings is 1. The zero-order valence-electron chi connectivity index (χ0n) is 10.3. The summed E-state index contributed by atoms with van der Waals surface area (Å²) in [7, 11) is 0. The van der Waals surface area contributed by atoms with E-state index < -0.39 is 0 Å². The fraction of sp³-hybridized carbons (Fsp3) is 0.538. The van der Waals surface area contributed by atoms with Crippen LogP contribution >= 0.6 is 15.9 Å². The standard InChI is InChI=1S/C13H21BrN2O/c1-2-16(8-9-17)7-6-13(15)11-4-3-5-12(14)10-11/h3-5,10,13,17H,2,6-9,15H2,1H3. The maximum atomic E-state index is 8.91. The minimum Gasteiger partial charge on any atom is -0.395 e. The van der Waals surface area contributed by atoms with E-state index in [-0.39, 0.29) is 12.6 Å².